The highest BCUT2D eigenvalue weighted by molar-refractivity contribution is 7.75. The third-order valence-corrected chi connectivity index (χ3v) is 6.86. The number of fused-ring (bicyclic) bond motifs is 3. The van der Waals surface area contributed by atoms with E-state index >= 15 is 0 Å². The molecule has 0 amide bonds. The lowest BCUT2D eigenvalue weighted by atomic mass is 10.2. The molecule has 0 saturated carbocycles. The molecule has 0 aliphatic carbocycles. The summed E-state index contributed by atoms with van der Waals surface area (Å²) in [7, 11) is -3.59. The molecule has 1 N–H and O–H groups in total. The van der Waals surface area contributed by atoms with Crippen molar-refractivity contribution in [2.45, 2.75) is 0 Å². The Balaban J connectivity index is 1.73. The molecule has 1 aliphatic rings. The van der Waals surface area contributed by atoms with E-state index in [-0.39, 0.29) is 5.52 Å². The van der Waals surface area contributed by atoms with Gasteiger partial charge in [-0.2, -0.15) is 0 Å². The first-order valence-electron chi connectivity index (χ1n) is 8.25. The van der Waals surface area contributed by atoms with Crippen molar-refractivity contribution in [3.63, 3.8) is 0 Å². The number of benzene rings is 2. The molecule has 7 nitrogen and oxygen atoms in total. The molecule has 0 fully saturated rings. The van der Waals surface area contributed by atoms with Crippen LogP contribution in [0.3, 0.4) is 0 Å². The highest BCUT2D eigenvalue weighted by atomic mass is 31.2. The zero-order chi connectivity index (χ0) is 18.4. The monoisotopic (exact) mass is 376 g/mol. The van der Waals surface area contributed by atoms with E-state index in [1.165, 1.54) is 12.5 Å². The average molecular weight is 376 g/mol. The number of anilines is 2. The molecule has 0 spiro atoms. The summed E-state index contributed by atoms with van der Waals surface area (Å²) < 4.78 is 20.8. The highest BCUT2D eigenvalue weighted by Gasteiger charge is 2.39. The second-order valence-electron chi connectivity index (χ2n) is 6.04. The molecule has 3 heterocycles. The quantitative estimate of drug-likeness (QED) is 0.540. The maximum absolute atomic E-state index is 14.1. The van der Waals surface area contributed by atoms with Crippen molar-refractivity contribution in [1.82, 2.24) is 14.7 Å². The van der Waals surface area contributed by atoms with Gasteiger partial charge < -0.3 is 9.94 Å². The summed E-state index contributed by atoms with van der Waals surface area (Å²) in [5, 5.41) is 4.25. The summed E-state index contributed by atoms with van der Waals surface area (Å²) >= 11 is 0. The van der Waals surface area contributed by atoms with Gasteiger partial charge in [-0.05, 0) is 36.4 Å². The van der Waals surface area contributed by atoms with Crippen LogP contribution in [0.1, 0.15) is 0 Å². The van der Waals surface area contributed by atoms with Crippen LogP contribution >= 0.6 is 7.37 Å². The van der Waals surface area contributed by atoms with Crippen LogP contribution in [0.15, 0.2) is 78.0 Å². The summed E-state index contributed by atoms with van der Waals surface area (Å²) in [6.07, 6.45) is 2.74. The predicted octanol–water partition coefficient (Wildman–Crippen LogP) is 2.21. The first-order valence-corrected chi connectivity index (χ1v) is 9.88. The van der Waals surface area contributed by atoms with Crippen LogP contribution in [0.5, 0.6) is 0 Å². The third-order valence-electron chi connectivity index (χ3n) is 4.41. The van der Waals surface area contributed by atoms with Crippen LogP contribution in [-0.4, -0.2) is 14.7 Å². The number of nitrogens with zero attached hydrogens (tertiary/aromatic N) is 3. The minimum Gasteiger partial charge on any atom is -0.354 e. The van der Waals surface area contributed by atoms with E-state index in [0.717, 1.165) is 4.73 Å². The Morgan fingerprint density at radius 1 is 0.889 bits per heavy atom. The van der Waals surface area contributed by atoms with Gasteiger partial charge in [0, 0.05) is 6.20 Å². The maximum atomic E-state index is 14.1. The minimum absolute atomic E-state index is 0.156. The second kappa shape index (κ2) is 5.79. The van der Waals surface area contributed by atoms with Gasteiger partial charge in [0.25, 0.3) is 0 Å². The summed E-state index contributed by atoms with van der Waals surface area (Å²) in [5.41, 5.74) is 1.46. The van der Waals surface area contributed by atoms with Gasteiger partial charge in [-0.1, -0.05) is 24.3 Å². The Bertz CT molecular complexity index is 1250. The molecule has 8 heteroatoms. The van der Waals surface area contributed by atoms with Crippen molar-refractivity contribution in [3.8, 4) is 0 Å². The number of hydrogen-bond donors (Lipinski definition) is 1. The molecule has 132 valence electrons. The smallest absolute Gasteiger partial charge is 0.332 e. The van der Waals surface area contributed by atoms with Crippen LogP contribution in [0.4, 0.5) is 11.4 Å². The van der Waals surface area contributed by atoms with Crippen molar-refractivity contribution in [1.29, 1.82) is 0 Å². The van der Waals surface area contributed by atoms with Crippen molar-refractivity contribution in [2.24, 2.45) is 0 Å². The zero-order valence-electron chi connectivity index (χ0n) is 13.9. The molecule has 0 saturated heterocycles. The normalized spacial score (nSPS) is 14.1. The highest BCUT2D eigenvalue weighted by Crippen LogP contribution is 2.48. The van der Waals surface area contributed by atoms with Crippen molar-refractivity contribution < 1.29 is 9.19 Å². The Labute approximate surface area is 153 Å². The Morgan fingerprint density at radius 3 is 2.26 bits per heavy atom. The summed E-state index contributed by atoms with van der Waals surface area (Å²) in [6.45, 7) is 0. The van der Waals surface area contributed by atoms with Gasteiger partial charge in [-0.15, -0.1) is 4.73 Å². The van der Waals surface area contributed by atoms with Crippen LogP contribution in [0.25, 0.3) is 11.0 Å². The first-order chi connectivity index (χ1) is 13.2. The number of pyridine rings is 1. The lowest BCUT2D eigenvalue weighted by Gasteiger charge is -2.28. The van der Waals surface area contributed by atoms with Crippen LogP contribution in [0.2, 0.25) is 0 Å². The first kappa shape index (κ1) is 15.8. The lowest BCUT2D eigenvalue weighted by Crippen LogP contribution is -2.36. The van der Waals surface area contributed by atoms with Gasteiger partial charge >= 0.3 is 12.9 Å². The molecular formula is C19H13N4O3P. The largest absolute Gasteiger partial charge is 0.354 e. The molecule has 0 atom stereocenters. The van der Waals surface area contributed by atoms with Gasteiger partial charge in [-0.3, -0.25) is 9.36 Å². The zero-order valence-corrected chi connectivity index (χ0v) is 14.8. The molecular weight excluding hydrogens is 363 g/mol. The standard InChI is InChI=1S/C19H13N4O3P/c24-19-18-15(8-5-11-20-18)21-12-23(19)26-27(25)16-9-3-1-6-13(16)22-14-7-2-4-10-17(14)27/h1-12,22H. The van der Waals surface area contributed by atoms with E-state index in [4.69, 9.17) is 4.62 Å². The van der Waals surface area contributed by atoms with Gasteiger partial charge in [0.05, 0.1) is 27.5 Å². The van der Waals surface area contributed by atoms with Crippen molar-refractivity contribution in [3.05, 3.63) is 83.5 Å². The molecule has 0 unspecified atom stereocenters. The van der Waals surface area contributed by atoms with E-state index in [1.54, 1.807) is 36.4 Å². The fourth-order valence-corrected chi connectivity index (χ4v) is 5.41. The summed E-state index contributed by atoms with van der Waals surface area (Å²) in [5.74, 6) is 0. The second-order valence-corrected chi connectivity index (χ2v) is 8.27. The molecule has 4 aromatic rings. The van der Waals surface area contributed by atoms with E-state index in [1.807, 2.05) is 24.3 Å². The van der Waals surface area contributed by atoms with E-state index < -0.39 is 12.9 Å². The predicted molar refractivity (Wildman–Crippen MR) is 103 cm³/mol. The third kappa shape index (κ3) is 2.36. The van der Waals surface area contributed by atoms with Crippen molar-refractivity contribution in [2.75, 3.05) is 5.32 Å². The van der Waals surface area contributed by atoms with Crippen LogP contribution in [-0.2, 0) is 4.57 Å². The minimum atomic E-state index is -3.59. The van der Waals surface area contributed by atoms with E-state index in [2.05, 4.69) is 15.3 Å². The van der Waals surface area contributed by atoms with Crippen molar-refractivity contribution >= 4 is 40.4 Å². The molecule has 2 aromatic carbocycles. The fraction of sp³-hybridized carbons (Fsp3) is 0. The summed E-state index contributed by atoms with van der Waals surface area (Å²) in [4.78, 5) is 21.0. The number of nitrogens with one attached hydrogen (secondary N) is 1. The van der Waals surface area contributed by atoms with Gasteiger partial charge in [-0.25, -0.2) is 9.97 Å². The van der Waals surface area contributed by atoms with Gasteiger partial charge in [0.1, 0.15) is 6.33 Å². The molecule has 2 aromatic heterocycles. The lowest BCUT2D eigenvalue weighted by molar-refractivity contribution is 0.270. The Kier molecular flexibility index (Phi) is 3.39. The van der Waals surface area contributed by atoms with E-state index in [0.29, 0.717) is 27.5 Å². The molecule has 0 bridgehead atoms. The SMILES string of the molecule is O=c1c2ncccc2ncn1OP1(=O)c2ccccc2Nc2ccccc21. The molecule has 0 radical (unpaired) electrons. The number of aromatic nitrogens is 3. The van der Waals surface area contributed by atoms with Crippen LogP contribution in [0, 0.1) is 0 Å². The Morgan fingerprint density at radius 2 is 1.56 bits per heavy atom. The average Bonchev–Trinajstić information content (AvgIpc) is 2.71. The van der Waals surface area contributed by atoms with Gasteiger partial charge in [0.15, 0.2) is 5.52 Å². The molecule has 5 rings (SSSR count). The topological polar surface area (TPSA) is 86.1 Å². The number of rotatable bonds is 2. The maximum Gasteiger partial charge on any atom is 0.332 e. The van der Waals surface area contributed by atoms with E-state index in [9.17, 15) is 9.36 Å². The molecule has 1 aliphatic heterocycles. The molecule has 27 heavy (non-hydrogen) atoms. The Hall–Kier alpha value is -3.44. The number of para-hydroxylation sites is 2. The summed E-state index contributed by atoms with van der Waals surface area (Å²) in [6, 6.07) is 17.8. The number of hydrogen-bond acceptors (Lipinski definition) is 6. The van der Waals surface area contributed by atoms with Crippen LogP contribution < -0.4 is 26.1 Å². The van der Waals surface area contributed by atoms with Gasteiger partial charge in [0.2, 0.25) is 0 Å². The fourth-order valence-electron chi connectivity index (χ4n) is 3.15.